The van der Waals surface area contributed by atoms with Crippen LogP contribution in [0.1, 0.15) is 127 Å². The third-order valence-electron chi connectivity index (χ3n) is 11.1. The molecule has 0 saturated carbocycles. The molecule has 4 saturated heterocycles. The molecule has 334 valence electrons. The van der Waals surface area contributed by atoms with E-state index in [4.69, 9.17) is 43.0 Å². The maximum atomic E-state index is 10.7. The van der Waals surface area contributed by atoms with Crippen molar-refractivity contribution in [2.75, 3.05) is 6.61 Å². The van der Waals surface area contributed by atoms with E-state index >= 15 is 0 Å². The Morgan fingerprint density at radius 2 is 1.17 bits per heavy atom. The molecule has 4 aliphatic rings. The van der Waals surface area contributed by atoms with Crippen LogP contribution in [0.4, 0.5) is 0 Å². The van der Waals surface area contributed by atoms with E-state index in [-0.39, 0.29) is 66.8 Å². The second-order valence-electron chi connectivity index (χ2n) is 18.5. The Kier molecular flexibility index (Phi) is 19.3. The first-order valence-corrected chi connectivity index (χ1v) is 22.1. The summed E-state index contributed by atoms with van der Waals surface area (Å²) in [4.78, 5) is 10.5. The van der Waals surface area contributed by atoms with Crippen LogP contribution in [-0.4, -0.2) is 95.3 Å². The lowest BCUT2D eigenvalue weighted by Crippen LogP contribution is -2.51. The van der Waals surface area contributed by atoms with Gasteiger partial charge in [-0.3, -0.25) is 0 Å². The number of carbonyl (C=O) groups is 1. The van der Waals surface area contributed by atoms with Gasteiger partial charge in [-0.15, -0.1) is 0 Å². The first-order chi connectivity index (χ1) is 27.8. The van der Waals surface area contributed by atoms with Gasteiger partial charge in [-0.2, -0.15) is 0 Å². The van der Waals surface area contributed by atoms with Crippen LogP contribution in [-0.2, 0) is 42.7 Å². The number of aliphatic hydroxyl groups is 1. The number of rotatable bonds is 19. The summed E-state index contributed by atoms with van der Waals surface area (Å²) in [6.45, 7) is 20.9. The van der Waals surface area contributed by atoms with Crippen molar-refractivity contribution in [2.45, 2.75) is 200 Å². The van der Waals surface area contributed by atoms with Crippen LogP contribution >= 0.6 is 0 Å². The summed E-state index contributed by atoms with van der Waals surface area (Å²) in [6.07, 6.45) is 28.0. The predicted molar refractivity (Wildman–Crippen MR) is 229 cm³/mol. The highest BCUT2D eigenvalue weighted by Crippen LogP contribution is 2.39. The summed E-state index contributed by atoms with van der Waals surface area (Å²) in [5.41, 5.74) is 0. The Labute approximate surface area is 354 Å². The van der Waals surface area contributed by atoms with Crippen molar-refractivity contribution in [3.8, 4) is 0 Å². The monoisotopic (exact) mass is 829 g/mol. The van der Waals surface area contributed by atoms with Gasteiger partial charge in [0.05, 0.1) is 48.8 Å². The molecule has 2 N–H and O–H groups in total. The largest absolute Gasteiger partial charge is 0.478 e. The Morgan fingerprint density at radius 3 is 1.71 bits per heavy atom. The molecule has 4 aliphatic heterocycles. The van der Waals surface area contributed by atoms with Gasteiger partial charge in [0.15, 0.2) is 23.7 Å². The minimum atomic E-state index is -0.970. The molecule has 0 radical (unpaired) electrons. The molecule has 4 heterocycles. The molecule has 0 aromatic carbocycles. The maximum Gasteiger partial charge on any atom is 0.328 e. The third-order valence-corrected chi connectivity index (χ3v) is 11.1. The van der Waals surface area contributed by atoms with Crippen molar-refractivity contribution < 1.29 is 52.9 Å². The van der Waals surface area contributed by atoms with Crippen LogP contribution in [0.3, 0.4) is 0 Å². The zero-order valence-electron chi connectivity index (χ0n) is 37.5. The van der Waals surface area contributed by atoms with Crippen LogP contribution in [0.15, 0.2) is 72.9 Å². The molecule has 11 nitrogen and oxygen atoms in total. The Hall–Kier alpha value is -2.45. The van der Waals surface area contributed by atoms with Crippen molar-refractivity contribution in [1.29, 1.82) is 0 Å². The van der Waals surface area contributed by atoms with Crippen LogP contribution in [0, 0.1) is 17.8 Å². The number of aliphatic carboxylic acids is 1. The summed E-state index contributed by atoms with van der Waals surface area (Å²) in [5.74, 6) is -2.95. The molecule has 11 heteroatoms. The Balaban J connectivity index is 1.36. The molecule has 1 unspecified atom stereocenters. The summed E-state index contributed by atoms with van der Waals surface area (Å²) < 4.78 is 51.6. The van der Waals surface area contributed by atoms with E-state index in [0.29, 0.717) is 25.9 Å². The Morgan fingerprint density at radius 1 is 0.661 bits per heavy atom. The minimum absolute atomic E-state index is 0.00690. The van der Waals surface area contributed by atoms with Crippen LogP contribution < -0.4 is 0 Å². The number of carboxylic acid groups (broad SMARTS) is 1. The van der Waals surface area contributed by atoms with Gasteiger partial charge in [-0.05, 0) is 66.7 Å². The van der Waals surface area contributed by atoms with Crippen LogP contribution in [0.2, 0.25) is 0 Å². The first-order valence-electron chi connectivity index (χ1n) is 22.1. The van der Waals surface area contributed by atoms with Gasteiger partial charge in [0.1, 0.15) is 0 Å². The molecule has 4 fully saturated rings. The molecule has 0 aliphatic carbocycles. The lowest BCUT2D eigenvalue weighted by Gasteiger charge is -2.47. The number of hydrogen-bond acceptors (Lipinski definition) is 10. The second kappa shape index (κ2) is 23.1. The highest BCUT2D eigenvalue weighted by atomic mass is 16.7. The molecule has 0 aromatic heterocycles. The number of carboxylic acids is 1. The fourth-order valence-corrected chi connectivity index (χ4v) is 8.58. The number of aliphatic hydroxyl groups excluding tert-OH is 1. The smallest absolute Gasteiger partial charge is 0.328 e. The van der Waals surface area contributed by atoms with E-state index in [1.165, 1.54) is 6.08 Å². The molecular formula is C48H76O11. The topological polar surface area (TPSA) is 131 Å². The lowest BCUT2D eigenvalue weighted by atomic mass is 9.91. The summed E-state index contributed by atoms with van der Waals surface area (Å²) in [5, 5.41) is 19.3. The second-order valence-corrected chi connectivity index (χ2v) is 18.5. The van der Waals surface area contributed by atoms with Crippen molar-refractivity contribution in [3.63, 3.8) is 0 Å². The van der Waals surface area contributed by atoms with Crippen molar-refractivity contribution in [2.24, 2.45) is 17.8 Å². The van der Waals surface area contributed by atoms with Gasteiger partial charge in [0.25, 0.3) is 0 Å². The van der Waals surface area contributed by atoms with E-state index < -0.39 is 29.4 Å². The normalized spacial score (nSPS) is 32.5. The number of allylic oxidation sites excluding steroid dienone is 8. The van der Waals surface area contributed by atoms with Crippen molar-refractivity contribution in [3.05, 3.63) is 72.9 Å². The lowest BCUT2D eigenvalue weighted by molar-refractivity contribution is -0.336. The van der Waals surface area contributed by atoms with E-state index in [2.05, 4.69) is 25.2 Å². The minimum Gasteiger partial charge on any atom is -0.478 e. The zero-order chi connectivity index (χ0) is 43.2. The van der Waals surface area contributed by atoms with Gasteiger partial charge in [-0.1, -0.05) is 94.5 Å². The molecule has 11 atom stereocenters. The molecule has 0 amide bonds. The van der Waals surface area contributed by atoms with E-state index in [0.717, 1.165) is 44.6 Å². The van der Waals surface area contributed by atoms with E-state index in [9.17, 15) is 9.90 Å². The quantitative estimate of drug-likeness (QED) is 0.0734. The molecule has 0 bridgehead atoms. The summed E-state index contributed by atoms with van der Waals surface area (Å²) >= 11 is 0. The van der Waals surface area contributed by atoms with E-state index in [1.54, 1.807) is 12.2 Å². The molecule has 0 aromatic rings. The highest BCUT2D eigenvalue weighted by molar-refractivity contribution is 5.80. The summed E-state index contributed by atoms with van der Waals surface area (Å²) in [6, 6.07) is 0. The van der Waals surface area contributed by atoms with Gasteiger partial charge in [0, 0.05) is 63.0 Å². The van der Waals surface area contributed by atoms with Crippen molar-refractivity contribution >= 4 is 5.97 Å². The molecule has 0 spiro atoms. The third kappa shape index (κ3) is 18.2. The average molecular weight is 829 g/mol. The molecule has 4 rings (SSSR count). The van der Waals surface area contributed by atoms with Gasteiger partial charge >= 0.3 is 5.97 Å². The summed E-state index contributed by atoms with van der Waals surface area (Å²) in [7, 11) is 0. The maximum absolute atomic E-state index is 10.7. The first kappa shape index (κ1) is 49.2. The van der Waals surface area contributed by atoms with Crippen LogP contribution in [0.25, 0.3) is 0 Å². The van der Waals surface area contributed by atoms with E-state index in [1.807, 2.05) is 92.7 Å². The standard InChI is InChI=1S/C48H76O11/c1-33(2)45(51)35(4)24-25-36(53-44-23-19-20-26-52-44)27-37-28-38(55-46(5,6)54-37)29-39-30-40(57-47(7,8)56-39)31-41-32-42(59-48(9,10)58-41)34(3)21-17-15-13-11-12-14-16-18-22-43(49)50/h11-18,21-22,24-25,33-42,44-45,51H,19-20,23,26-32H2,1-10H3,(H,49,50)/b12-11+,15-13+,16-14+,21-17+,22-18+,25-24+/t34-,35-,36-,37-,38+,39-,40+,41+,42+,44?,45-/m0/s1. The molecule has 59 heavy (non-hydrogen) atoms. The van der Waals surface area contributed by atoms with Gasteiger partial charge in [-0.25, -0.2) is 4.79 Å². The fourth-order valence-electron chi connectivity index (χ4n) is 8.58. The molecular weight excluding hydrogens is 753 g/mol. The van der Waals surface area contributed by atoms with Crippen molar-refractivity contribution in [1.82, 2.24) is 0 Å². The van der Waals surface area contributed by atoms with Gasteiger partial charge < -0.3 is 48.1 Å². The highest BCUT2D eigenvalue weighted by Gasteiger charge is 2.44. The number of hydrogen-bond donors (Lipinski definition) is 2. The predicted octanol–water partition coefficient (Wildman–Crippen LogP) is 9.51. The Bertz CT molecular complexity index is 1450. The fraction of sp³-hybridized carbons (Fsp3) is 0.729. The van der Waals surface area contributed by atoms with Gasteiger partial charge in [0.2, 0.25) is 0 Å². The average Bonchev–Trinajstić information content (AvgIpc) is 3.12. The number of ether oxygens (including phenoxy) is 8. The zero-order valence-corrected chi connectivity index (χ0v) is 37.5. The SMILES string of the molecule is CC(C)[C@H](O)[C@@H](C)/C=C/[C@@H](C[C@H]1C[C@H](C[C@H]2C[C@H](C[C@@H]3C[C@H]([C@@H](C)/C=C/C=C/C=C/C=C/C=C/C(=O)O)OC(C)(C)O3)OC(C)(C)O2)OC(C)(C)O1)OC1CCCCO1. The van der Waals surface area contributed by atoms with Crippen LogP contribution in [0.5, 0.6) is 0 Å².